The maximum absolute atomic E-state index is 12.9. The largest absolute Gasteiger partial charge is 0.322 e. The van der Waals surface area contributed by atoms with E-state index in [9.17, 15) is 13.2 Å². The number of aryl methyl sites for hydroxylation is 1. The lowest BCUT2D eigenvalue weighted by molar-refractivity contribution is 0.102. The standard InChI is InChI=1S/C20H23ClN2O3S/c1-14-13-17(8-11-19(14)21)22-20(24)16-6-9-18(10-7-16)27(25,26)23-12-4-3-5-15(23)2/h6-11,13,15H,3-5,12H2,1-2H3,(H,22,24). The SMILES string of the molecule is Cc1cc(NC(=O)c2ccc(S(=O)(=O)N3CCCCC3C)cc2)ccc1Cl. The monoisotopic (exact) mass is 406 g/mol. The van der Waals surface area contributed by atoms with Crippen molar-refractivity contribution < 1.29 is 13.2 Å². The van der Waals surface area contributed by atoms with Gasteiger partial charge in [0.05, 0.1) is 4.90 Å². The van der Waals surface area contributed by atoms with Crippen LogP contribution >= 0.6 is 11.6 Å². The van der Waals surface area contributed by atoms with Crippen molar-refractivity contribution in [1.29, 1.82) is 0 Å². The number of nitrogens with one attached hydrogen (secondary N) is 1. The molecule has 0 aromatic heterocycles. The number of hydrogen-bond acceptors (Lipinski definition) is 3. The number of anilines is 1. The van der Waals surface area contributed by atoms with E-state index in [1.165, 1.54) is 12.1 Å². The van der Waals surface area contributed by atoms with Crippen molar-refractivity contribution in [3.63, 3.8) is 0 Å². The lowest BCUT2D eigenvalue weighted by atomic mass is 10.1. The van der Waals surface area contributed by atoms with Crippen LogP contribution in [0.15, 0.2) is 47.4 Å². The summed E-state index contributed by atoms with van der Waals surface area (Å²) in [6, 6.07) is 11.3. The van der Waals surface area contributed by atoms with Crippen LogP contribution in [0.3, 0.4) is 0 Å². The highest BCUT2D eigenvalue weighted by molar-refractivity contribution is 7.89. The van der Waals surface area contributed by atoms with Crippen molar-refractivity contribution in [2.45, 2.75) is 44.0 Å². The van der Waals surface area contributed by atoms with E-state index in [0.29, 0.717) is 22.8 Å². The van der Waals surface area contributed by atoms with Gasteiger partial charge in [-0.05, 0) is 74.7 Å². The molecule has 2 aromatic rings. The normalized spacial score (nSPS) is 18.3. The summed E-state index contributed by atoms with van der Waals surface area (Å²) in [5.41, 5.74) is 1.90. The molecular formula is C20H23ClN2O3S. The zero-order valence-corrected chi connectivity index (χ0v) is 17.0. The highest BCUT2D eigenvalue weighted by Crippen LogP contribution is 2.25. The molecule has 1 saturated heterocycles. The molecule has 1 unspecified atom stereocenters. The number of carbonyl (C=O) groups is 1. The zero-order chi connectivity index (χ0) is 19.6. The third kappa shape index (κ3) is 4.34. The maximum atomic E-state index is 12.9. The second-order valence-electron chi connectivity index (χ2n) is 6.90. The number of halogens is 1. The van der Waals surface area contributed by atoms with E-state index in [4.69, 9.17) is 11.6 Å². The van der Waals surface area contributed by atoms with Crippen molar-refractivity contribution in [2.24, 2.45) is 0 Å². The van der Waals surface area contributed by atoms with Crippen LogP contribution in [0.25, 0.3) is 0 Å². The summed E-state index contributed by atoms with van der Waals surface area (Å²) < 4.78 is 27.3. The second-order valence-corrected chi connectivity index (χ2v) is 9.20. The molecule has 0 saturated carbocycles. The first-order valence-corrected chi connectivity index (χ1v) is 10.8. The molecule has 0 bridgehead atoms. The van der Waals surface area contributed by atoms with Crippen molar-refractivity contribution >= 4 is 33.2 Å². The topological polar surface area (TPSA) is 66.5 Å². The Morgan fingerprint density at radius 3 is 2.48 bits per heavy atom. The fourth-order valence-corrected chi connectivity index (χ4v) is 5.09. The first kappa shape index (κ1) is 19.9. The van der Waals surface area contributed by atoms with Crippen LogP contribution < -0.4 is 5.32 Å². The fourth-order valence-electron chi connectivity index (χ4n) is 3.27. The van der Waals surface area contributed by atoms with Crippen LogP contribution in [0.5, 0.6) is 0 Å². The Morgan fingerprint density at radius 2 is 1.85 bits per heavy atom. The molecule has 1 aliphatic rings. The molecule has 3 rings (SSSR count). The molecule has 1 amide bonds. The summed E-state index contributed by atoms with van der Waals surface area (Å²) in [5.74, 6) is -0.299. The Morgan fingerprint density at radius 1 is 1.15 bits per heavy atom. The van der Waals surface area contributed by atoms with Gasteiger partial charge in [-0.15, -0.1) is 0 Å². The molecule has 7 heteroatoms. The fraction of sp³-hybridized carbons (Fsp3) is 0.350. The van der Waals surface area contributed by atoms with E-state index < -0.39 is 10.0 Å². The minimum absolute atomic E-state index is 0.000121. The van der Waals surface area contributed by atoms with Gasteiger partial charge in [0.2, 0.25) is 10.0 Å². The zero-order valence-electron chi connectivity index (χ0n) is 15.4. The highest BCUT2D eigenvalue weighted by Gasteiger charge is 2.30. The maximum Gasteiger partial charge on any atom is 0.255 e. The van der Waals surface area contributed by atoms with Crippen molar-refractivity contribution in [1.82, 2.24) is 4.31 Å². The van der Waals surface area contributed by atoms with E-state index in [1.807, 2.05) is 13.8 Å². The summed E-state index contributed by atoms with van der Waals surface area (Å²) in [6.07, 6.45) is 2.81. The summed E-state index contributed by atoms with van der Waals surface area (Å²) in [7, 11) is -3.54. The molecule has 1 aliphatic heterocycles. The van der Waals surface area contributed by atoms with Gasteiger partial charge in [0.15, 0.2) is 0 Å². The Bertz CT molecular complexity index is 942. The van der Waals surface area contributed by atoms with E-state index in [2.05, 4.69) is 5.32 Å². The molecule has 27 heavy (non-hydrogen) atoms. The van der Waals surface area contributed by atoms with Crippen LogP contribution in [0, 0.1) is 6.92 Å². The van der Waals surface area contributed by atoms with E-state index in [-0.39, 0.29) is 16.8 Å². The van der Waals surface area contributed by atoms with E-state index in [1.54, 1.807) is 34.6 Å². The second kappa shape index (κ2) is 8.00. The molecule has 0 spiro atoms. The van der Waals surface area contributed by atoms with Gasteiger partial charge >= 0.3 is 0 Å². The molecule has 5 nitrogen and oxygen atoms in total. The Balaban J connectivity index is 1.76. The number of piperidine rings is 1. The number of rotatable bonds is 4. The number of nitrogens with zero attached hydrogens (tertiary/aromatic N) is 1. The molecule has 2 aromatic carbocycles. The highest BCUT2D eigenvalue weighted by atomic mass is 35.5. The smallest absolute Gasteiger partial charge is 0.255 e. The van der Waals surface area contributed by atoms with Gasteiger partial charge in [0, 0.05) is 28.9 Å². The van der Waals surface area contributed by atoms with Crippen LogP contribution in [0.1, 0.15) is 42.1 Å². The van der Waals surface area contributed by atoms with Gasteiger partial charge in [-0.2, -0.15) is 4.31 Å². The number of hydrogen-bond donors (Lipinski definition) is 1. The first-order chi connectivity index (χ1) is 12.8. The number of benzene rings is 2. The third-order valence-electron chi connectivity index (χ3n) is 4.88. The molecule has 144 valence electrons. The number of carbonyl (C=O) groups excluding carboxylic acids is 1. The Labute approximate surface area is 165 Å². The summed E-state index contributed by atoms with van der Waals surface area (Å²) in [5, 5.41) is 3.43. The molecule has 1 atom stereocenters. The molecular weight excluding hydrogens is 384 g/mol. The van der Waals surface area contributed by atoms with Crippen molar-refractivity contribution in [3.05, 3.63) is 58.6 Å². The van der Waals surface area contributed by atoms with Crippen molar-refractivity contribution in [3.8, 4) is 0 Å². The van der Waals surface area contributed by atoms with Gasteiger partial charge in [-0.3, -0.25) is 4.79 Å². The average Bonchev–Trinajstić information content (AvgIpc) is 2.65. The quantitative estimate of drug-likeness (QED) is 0.814. The molecule has 0 radical (unpaired) electrons. The van der Waals surface area contributed by atoms with Crippen LogP contribution in [-0.4, -0.2) is 31.2 Å². The third-order valence-corrected chi connectivity index (χ3v) is 7.33. The van der Waals surface area contributed by atoms with E-state index >= 15 is 0 Å². The molecule has 1 heterocycles. The predicted octanol–water partition coefficient (Wildman–Crippen LogP) is 4.46. The number of amides is 1. The average molecular weight is 407 g/mol. The van der Waals surface area contributed by atoms with Gasteiger partial charge < -0.3 is 5.32 Å². The lowest BCUT2D eigenvalue weighted by Gasteiger charge is -2.32. The van der Waals surface area contributed by atoms with Crippen LogP contribution in [0.2, 0.25) is 5.02 Å². The summed E-state index contributed by atoms with van der Waals surface area (Å²) >= 11 is 6.00. The first-order valence-electron chi connectivity index (χ1n) is 8.98. The minimum atomic E-state index is -3.54. The molecule has 0 aliphatic carbocycles. The van der Waals surface area contributed by atoms with Crippen LogP contribution in [-0.2, 0) is 10.0 Å². The number of sulfonamides is 1. The molecule has 1 N–H and O–H groups in total. The van der Waals surface area contributed by atoms with Gasteiger partial charge in [-0.1, -0.05) is 18.0 Å². The lowest BCUT2D eigenvalue weighted by Crippen LogP contribution is -2.41. The van der Waals surface area contributed by atoms with E-state index in [0.717, 1.165) is 24.8 Å². The molecule has 1 fully saturated rings. The summed E-state index contributed by atoms with van der Waals surface area (Å²) in [6.45, 7) is 4.34. The van der Waals surface area contributed by atoms with Gasteiger partial charge in [-0.25, -0.2) is 8.42 Å². The predicted molar refractivity (Wildman–Crippen MR) is 108 cm³/mol. The van der Waals surface area contributed by atoms with Gasteiger partial charge in [0.1, 0.15) is 0 Å². The van der Waals surface area contributed by atoms with Crippen LogP contribution in [0.4, 0.5) is 5.69 Å². The minimum Gasteiger partial charge on any atom is -0.322 e. The summed E-state index contributed by atoms with van der Waals surface area (Å²) in [4.78, 5) is 12.6. The Hall–Kier alpha value is -1.89. The van der Waals surface area contributed by atoms with Crippen molar-refractivity contribution in [2.75, 3.05) is 11.9 Å². The van der Waals surface area contributed by atoms with Gasteiger partial charge in [0.25, 0.3) is 5.91 Å². The Kier molecular flexibility index (Phi) is 5.89.